The van der Waals surface area contributed by atoms with Gasteiger partial charge in [0.15, 0.2) is 0 Å². The van der Waals surface area contributed by atoms with E-state index in [4.69, 9.17) is 4.42 Å². The summed E-state index contributed by atoms with van der Waals surface area (Å²) in [4.78, 5) is 38.3. The van der Waals surface area contributed by atoms with E-state index < -0.39 is 6.04 Å². The first-order valence-electron chi connectivity index (χ1n) is 11.7. The van der Waals surface area contributed by atoms with Gasteiger partial charge in [0, 0.05) is 34.9 Å². The molecule has 1 saturated heterocycles. The summed E-state index contributed by atoms with van der Waals surface area (Å²) in [5.41, 5.74) is 4.82. The maximum Gasteiger partial charge on any atom is 0.246 e. The van der Waals surface area contributed by atoms with Gasteiger partial charge in [-0.25, -0.2) is 4.98 Å². The molecule has 2 atom stereocenters. The van der Waals surface area contributed by atoms with Crippen molar-refractivity contribution in [1.82, 2.24) is 29.5 Å². The van der Waals surface area contributed by atoms with Gasteiger partial charge in [-0.2, -0.15) is 5.10 Å². The van der Waals surface area contributed by atoms with Gasteiger partial charge >= 0.3 is 0 Å². The van der Waals surface area contributed by atoms with Gasteiger partial charge in [-0.05, 0) is 35.4 Å². The van der Waals surface area contributed by atoms with Gasteiger partial charge in [0.25, 0.3) is 0 Å². The molecular formula is C26H22N6O3. The molecule has 0 spiro atoms. The number of H-pyrrole nitrogens is 1. The number of rotatable bonds is 4. The minimum atomic E-state index is -0.566. The second-order valence-electron chi connectivity index (χ2n) is 9.12. The molecule has 2 aliphatic rings. The summed E-state index contributed by atoms with van der Waals surface area (Å²) in [6.07, 6.45) is 5.22. The van der Waals surface area contributed by atoms with Crippen molar-refractivity contribution in [2.75, 3.05) is 13.1 Å². The highest BCUT2D eigenvalue weighted by Gasteiger charge is 2.48. The summed E-state index contributed by atoms with van der Waals surface area (Å²) < 4.78 is 7.21. The van der Waals surface area contributed by atoms with Crippen molar-refractivity contribution in [3.8, 4) is 0 Å². The number of fused-ring (bicyclic) bond motifs is 5. The number of amides is 2. The lowest BCUT2D eigenvalue weighted by atomic mass is 9.86. The first-order chi connectivity index (χ1) is 17.2. The predicted octanol–water partition coefficient (Wildman–Crippen LogP) is 2.89. The van der Waals surface area contributed by atoms with Gasteiger partial charge in [0.2, 0.25) is 11.8 Å². The molecular weight excluding hydrogens is 444 g/mol. The zero-order valence-electron chi connectivity index (χ0n) is 18.8. The second-order valence-corrected chi connectivity index (χ2v) is 9.12. The Bertz CT molecular complexity index is 1580. The Morgan fingerprint density at radius 3 is 2.89 bits per heavy atom. The predicted molar refractivity (Wildman–Crippen MR) is 127 cm³/mol. The van der Waals surface area contributed by atoms with E-state index >= 15 is 0 Å². The molecule has 1 fully saturated rings. The quantitative estimate of drug-likeness (QED) is 0.439. The number of para-hydroxylation sites is 1. The fourth-order valence-corrected chi connectivity index (χ4v) is 5.59. The normalized spacial score (nSPS) is 20.0. The molecule has 1 N–H and O–H groups in total. The average Bonchev–Trinajstić information content (AvgIpc) is 3.63. The SMILES string of the molecule is O=C1[C@H]2Cc3c([nH]c4ccccc34)[C@@H](c3ccc4occc4c3)N2C(=O)CN1CCn1cncn1. The number of hydrogen-bond donors (Lipinski definition) is 1. The standard InChI is InChI=1S/C26H22N6O3/c33-23-13-30(8-9-31-15-27-14-28-31)26(34)21-12-19-18-3-1-2-4-20(18)29-24(19)25(32(21)23)17-5-6-22-16(11-17)7-10-35-22/h1-7,10-11,14-15,21,25,29H,8-9,12-13H2/t21-,25-/m1/s1. The third kappa shape index (κ3) is 3.08. The van der Waals surface area contributed by atoms with Gasteiger partial charge < -0.3 is 19.2 Å². The van der Waals surface area contributed by atoms with Crippen LogP contribution in [0.2, 0.25) is 0 Å². The van der Waals surface area contributed by atoms with Crippen molar-refractivity contribution in [2.24, 2.45) is 0 Å². The van der Waals surface area contributed by atoms with E-state index in [0.29, 0.717) is 19.5 Å². The van der Waals surface area contributed by atoms with Crippen molar-refractivity contribution in [1.29, 1.82) is 0 Å². The number of nitrogens with one attached hydrogen (secondary N) is 1. The number of hydrogen-bond acceptors (Lipinski definition) is 5. The summed E-state index contributed by atoms with van der Waals surface area (Å²) in [6.45, 7) is 0.944. The number of furan rings is 1. The topological polar surface area (TPSA) is 100 Å². The summed E-state index contributed by atoms with van der Waals surface area (Å²) in [5.74, 6) is -0.0928. The number of benzene rings is 2. The molecule has 174 valence electrons. The molecule has 0 unspecified atom stereocenters. The Morgan fingerprint density at radius 2 is 2.00 bits per heavy atom. The largest absolute Gasteiger partial charge is 0.464 e. The molecule has 7 rings (SSSR count). The second kappa shape index (κ2) is 7.56. The van der Waals surface area contributed by atoms with Gasteiger partial charge in [0.1, 0.15) is 24.3 Å². The van der Waals surface area contributed by atoms with Crippen molar-refractivity contribution in [3.63, 3.8) is 0 Å². The molecule has 0 bridgehead atoms. The van der Waals surface area contributed by atoms with Crippen LogP contribution in [0.15, 0.2) is 71.9 Å². The number of aromatic amines is 1. The van der Waals surface area contributed by atoms with Gasteiger partial charge in [-0.15, -0.1) is 0 Å². The van der Waals surface area contributed by atoms with E-state index in [0.717, 1.165) is 38.7 Å². The van der Waals surface area contributed by atoms with E-state index in [2.05, 4.69) is 27.2 Å². The molecule has 0 radical (unpaired) electrons. The van der Waals surface area contributed by atoms with Gasteiger partial charge in [0.05, 0.1) is 25.4 Å². The first kappa shape index (κ1) is 20.0. The number of carbonyl (C=O) groups excluding carboxylic acids is 2. The van der Waals surface area contributed by atoms with E-state index in [1.165, 1.54) is 6.33 Å². The monoisotopic (exact) mass is 466 g/mol. The minimum absolute atomic E-state index is 0.0324. The molecule has 3 aromatic heterocycles. The molecule has 2 aromatic carbocycles. The molecule has 5 heterocycles. The smallest absolute Gasteiger partial charge is 0.246 e. The third-order valence-electron chi connectivity index (χ3n) is 7.20. The molecule has 2 aliphatic heterocycles. The number of nitrogens with zero attached hydrogens (tertiary/aromatic N) is 5. The molecule has 2 amide bonds. The first-order valence-corrected chi connectivity index (χ1v) is 11.7. The van der Waals surface area contributed by atoms with Crippen LogP contribution in [-0.4, -0.2) is 60.5 Å². The summed E-state index contributed by atoms with van der Waals surface area (Å²) >= 11 is 0. The van der Waals surface area contributed by atoms with Crippen molar-refractivity contribution < 1.29 is 14.0 Å². The lowest BCUT2D eigenvalue weighted by Gasteiger charge is -2.47. The Kier molecular flexibility index (Phi) is 4.32. The molecule has 9 heteroatoms. The maximum absolute atomic E-state index is 13.7. The highest BCUT2D eigenvalue weighted by atomic mass is 16.3. The summed E-state index contributed by atoms with van der Waals surface area (Å²) in [6, 6.07) is 15.1. The number of piperazine rings is 1. The molecule has 35 heavy (non-hydrogen) atoms. The van der Waals surface area contributed by atoms with Crippen LogP contribution >= 0.6 is 0 Å². The zero-order chi connectivity index (χ0) is 23.5. The average molecular weight is 467 g/mol. The molecule has 0 aliphatic carbocycles. The Hall–Kier alpha value is -4.40. The lowest BCUT2D eigenvalue weighted by molar-refractivity contribution is -0.158. The lowest BCUT2D eigenvalue weighted by Crippen LogP contribution is -2.63. The van der Waals surface area contributed by atoms with Gasteiger partial charge in [-0.3, -0.25) is 14.3 Å². The van der Waals surface area contributed by atoms with Crippen molar-refractivity contribution in [3.05, 3.63) is 84.3 Å². The van der Waals surface area contributed by atoms with Crippen LogP contribution in [0.3, 0.4) is 0 Å². The van der Waals surface area contributed by atoms with E-state index in [1.807, 2.05) is 36.4 Å². The van der Waals surface area contributed by atoms with Crippen LogP contribution < -0.4 is 0 Å². The van der Waals surface area contributed by atoms with E-state index in [9.17, 15) is 9.59 Å². The molecule has 9 nitrogen and oxygen atoms in total. The third-order valence-corrected chi connectivity index (χ3v) is 7.20. The highest BCUT2D eigenvalue weighted by molar-refractivity contribution is 5.97. The van der Waals surface area contributed by atoms with Crippen LogP contribution in [-0.2, 0) is 22.6 Å². The van der Waals surface area contributed by atoms with Crippen LogP contribution in [0.5, 0.6) is 0 Å². The van der Waals surface area contributed by atoms with Crippen LogP contribution in [0, 0.1) is 0 Å². The molecule has 0 saturated carbocycles. The highest BCUT2D eigenvalue weighted by Crippen LogP contribution is 2.43. The van der Waals surface area contributed by atoms with E-state index in [-0.39, 0.29) is 24.4 Å². The summed E-state index contributed by atoms with van der Waals surface area (Å²) in [7, 11) is 0. The maximum atomic E-state index is 13.7. The number of carbonyl (C=O) groups is 2. The Morgan fingerprint density at radius 1 is 1.09 bits per heavy atom. The Labute approximate surface area is 199 Å². The Balaban J connectivity index is 1.33. The van der Waals surface area contributed by atoms with E-state index in [1.54, 1.807) is 27.1 Å². The number of aromatic nitrogens is 4. The van der Waals surface area contributed by atoms with Crippen LogP contribution in [0.1, 0.15) is 22.9 Å². The molecule has 5 aromatic rings. The van der Waals surface area contributed by atoms with Crippen molar-refractivity contribution in [2.45, 2.75) is 25.0 Å². The zero-order valence-corrected chi connectivity index (χ0v) is 18.8. The van der Waals surface area contributed by atoms with Crippen LogP contribution in [0.25, 0.3) is 21.9 Å². The fourth-order valence-electron chi connectivity index (χ4n) is 5.59. The summed E-state index contributed by atoms with van der Waals surface area (Å²) in [5, 5.41) is 6.18. The van der Waals surface area contributed by atoms with Crippen LogP contribution in [0.4, 0.5) is 0 Å². The minimum Gasteiger partial charge on any atom is -0.464 e. The van der Waals surface area contributed by atoms with Crippen molar-refractivity contribution >= 4 is 33.7 Å². The fraction of sp³-hybridized carbons (Fsp3) is 0.231. The van der Waals surface area contributed by atoms with Gasteiger partial charge in [-0.1, -0.05) is 24.3 Å².